The maximum absolute atomic E-state index is 13.8. The molecule has 0 saturated carbocycles. The number of amides is 1. The molecule has 31 heavy (non-hydrogen) atoms. The Kier molecular flexibility index (Phi) is 6.22. The van der Waals surface area contributed by atoms with Crippen molar-refractivity contribution in [2.45, 2.75) is 11.8 Å². The zero-order valence-electron chi connectivity index (χ0n) is 17.3. The molecule has 0 N–H and O–H groups in total. The van der Waals surface area contributed by atoms with Crippen LogP contribution in [0.4, 0.5) is 10.2 Å². The molecule has 10 heteroatoms. The number of hydrogen-bond acceptors (Lipinski definition) is 6. The number of carbonyl (C=O) groups is 1. The molecule has 0 radical (unpaired) electrons. The van der Waals surface area contributed by atoms with Gasteiger partial charge in [-0.1, -0.05) is 6.07 Å². The Morgan fingerprint density at radius 3 is 2.35 bits per heavy atom. The van der Waals surface area contributed by atoms with Crippen molar-refractivity contribution in [3.63, 3.8) is 0 Å². The maximum atomic E-state index is 13.8. The third kappa shape index (κ3) is 4.56. The number of hydrogen-bond donors (Lipinski definition) is 0. The average molecular weight is 449 g/mol. The molecule has 0 spiro atoms. The Labute approximate surface area is 181 Å². The molecule has 0 aliphatic carbocycles. The molecule has 166 valence electrons. The molecule has 0 bridgehead atoms. The van der Waals surface area contributed by atoms with E-state index >= 15 is 0 Å². The van der Waals surface area contributed by atoms with Crippen molar-refractivity contribution in [2.75, 3.05) is 57.4 Å². The van der Waals surface area contributed by atoms with Crippen LogP contribution in [0.2, 0.25) is 0 Å². The fourth-order valence-electron chi connectivity index (χ4n) is 3.70. The molecule has 2 aromatic rings. The third-order valence-corrected chi connectivity index (χ3v) is 7.52. The van der Waals surface area contributed by atoms with Crippen LogP contribution in [-0.2, 0) is 14.8 Å². The monoisotopic (exact) mass is 448 g/mol. The van der Waals surface area contributed by atoms with E-state index in [4.69, 9.17) is 4.74 Å². The first-order valence-corrected chi connectivity index (χ1v) is 11.6. The summed E-state index contributed by atoms with van der Waals surface area (Å²) < 4.78 is 45.9. The van der Waals surface area contributed by atoms with Crippen LogP contribution in [0.15, 0.2) is 41.4 Å². The largest absolute Gasteiger partial charge is 0.379 e. The number of morpholine rings is 1. The topological polar surface area (TPSA) is 83.1 Å². The van der Waals surface area contributed by atoms with Crippen LogP contribution in [0.25, 0.3) is 0 Å². The number of aromatic nitrogens is 1. The fraction of sp³-hybridized carbons (Fsp3) is 0.429. The van der Waals surface area contributed by atoms with E-state index < -0.39 is 10.0 Å². The number of carbonyl (C=O) groups excluding carboxylic acids is 1. The van der Waals surface area contributed by atoms with E-state index in [2.05, 4.69) is 4.98 Å². The predicted molar refractivity (Wildman–Crippen MR) is 113 cm³/mol. The molecule has 4 rings (SSSR count). The highest BCUT2D eigenvalue weighted by Gasteiger charge is 2.27. The molecular formula is C21H25FN4O4S. The number of sulfonamides is 1. The molecule has 1 amide bonds. The summed E-state index contributed by atoms with van der Waals surface area (Å²) in [6, 6.07) is 7.79. The van der Waals surface area contributed by atoms with Gasteiger partial charge in [0.25, 0.3) is 5.91 Å². The van der Waals surface area contributed by atoms with E-state index in [1.54, 1.807) is 36.1 Å². The van der Waals surface area contributed by atoms with Gasteiger partial charge in [-0.05, 0) is 36.8 Å². The average Bonchev–Trinajstić information content (AvgIpc) is 2.81. The molecule has 0 unspecified atom stereocenters. The quantitative estimate of drug-likeness (QED) is 0.705. The molecule has 2 aliphatic heterocycles. The van der Waals surface area contributed by atoms with Crippen molar-refractivity contribution in [2.24, 2.45) is 0 Å². The summed E-state index contributed by atoms with van der Waals surface area (Å²) in [4.78, 5) is 20.9. The molecule has 2 saturated heterocycles. The fourth-order valence-corrected chi connectivity index (χ4v) is 5.05. The van der Waals surface area contributed by atoms with Gasteiger partial charge < -0.3 is 14.5 Å². The zero-order chi connectivity index (χ0) is 22.0. The number of halogens is 1. The van der Waals surface area contributed by atoms with Gasteiger partial charge in [-0.3, -0.25) is 4.79 Å². The Hall–Kier alpha value is -2.56. The van der Waals surface area contributed by atoms with Crippen molar-refractivity contribution in [1.29, 1.82) is 0 Å². The van der Waals surface area contributed by atoms with Crippen LogP contribution in [0.5, 0.6) is 0 Å². The second-order valence-electron chi connectivity index (χ2n) is 7.61. The van der Waals surface area contributed by atoms with Gasteiger partial charge in [-0.25, -0.2) is 17.8 Å². The van der Waals surface area contributed by atoms with Gasteiger partial charge in [0.2, 0.25) is 10.0 Å². The highest BCUT2D eigenvalue weighted by atomic mass is 32.2. The lowest BCUT2D eigenvalue weighted by molar-refractivity contribution is 0.0730. The third-order valence-electron chi connectivity index (χ3n) is 5.64. The summed E-state index contributed by atoms with van der Waals surface area (Å²) in [6.07, 6.45) is 1.38. The first-order valence-electron chi connectivity index (χ1n) is 10.2. The summed E-state index contributed by atoms with van der Waals surface area (Å²) in [5.41, 5.74) is 0.846. The molecule has 0 atom stereocenters. The Balaban J connectivity index is 1.38. The summed E-state index contributed by atoms with van der Waals surface area (Å²) in [6.45, 7) is 5.19. The highest BCUT2D eigenvalue weighted by Crippen LogP contribution is 2.21. The smallest absolute Gasteiger partial charge is 0.254 e. The van der Waals surface area contributed by atoms with E-state index in [0.717, 1.165) is 0 Å². The lowest BCUT2D eigenvalue weighted by atomic mass is 10.1. The normalized spacial score (nSPS) is 18.3. The van der Waals surface area contributed by atoms with Crippen molar-refractivity contribution >= 4 is 21.7 Å². The van der Waals surface area contributed by atoms with Gasteiger partial charge in [-0.15, -0.1) is 0 Å². The Morgan fingerprint density at radius 2 is 1.74 bits per heavy atom. The number of piperazine rings is 1. The molecule has 3 heterocycles. The first kappa shape index (κ1) is 21.7. The first-order chi connectivity index (χ1) is 14.9. The van der Waals surface area contributed by atoms with E-state index in [1.807, 2.05) is 4.90 Å². The van der Waals surface area contributed by atoms with E-state index in [9.17, 15) is 17.6 Å². The summed E-state index contributed by atoms with van der Waals surface area (Å²) >= 11 is 0. The zero-order valence-corrected chi connectivity index (χ0v) is 18.1. The number of aryl methyl sites for hydroxylation is 1. The number of anilines is 1. The van der Waals surface area contributed by atoms with Crippen molar-refractivity contribution in [3.8, 4) is 0 Å². The number of rotatable bonds is 4. The lowest BCUT2D eigenvalue weighted by Gasteiger charge is -2.35. The van der Waals surface area contributed by atoms with E-state index in [1.165, 1.54) is 16.6 Å². The highest BCUT2D eigenvalue weighted by molar-refractivity contribution is 7.89. The second kappa shape index (κ2) is 8.89. The second-order valence-corrected chi connectivity index (χ2v) is 9.55. The molecule has 1 aromatic carbocycles. The molecule has 2 aliphatic rings. The number of nitrogens with zero attached hydrogens (tertiary/aromatic N) is 4. The standard InChI is InChI=1S/C21H25FN4O4S/c1-16-2-3-17(14-19(16)22)21(27)25-8-6-24(7-9-25)20-5-4-18(15-23-20)31(28,29)26-10-12-30-13-11-26/h2-5,14-15H,6-13H2,1H3. The van der Waals surface area contributed by atoms with Gasteiger partial charge in [0, 0.05) is 51.0 Å². The van der Waals surface area contributed by atoms with Gasteiger partial charge in [0.15, 0.2) is 0 Å². The Bertz CT molecular complexity index is 1050. The molecule has 2 fully saturated rings. The van der Waals surface area contributed by atoms with Crippen LogP contribution in [0, 0.1) is 12.7 Å². The van der Waals surface area contributed by atoms with E-state index in [-0.39, 0.29) is 16.6 Å². The molecule has 8 nitrogen and oxygen atoms in total. The number of ether oxygens (including phenoxy) is 1. The predicted octanol–water partition coefficient (Wildman–Crippen LogP) is 1.51. The van der Waals surface area contributed by atoms with Gasteiger partial charge in [0.1, 0.15) is 16.5 Å². The van der Waals surface area contributed by atoms with Gasteiger partial charge in [0.05, 0.1) is 13.2 Å². The van der Waals surface area contributed by atoms with Crippen molar-refractivity contribution in [3.05, 3.63) is 53.5 Å². The minimum absolute atomic E-state index is 0.161. The van der Waals surface area contributed by atoms with Crippen molar-refractivity contribution < 1.29 is 22.3 Å². The minimum Gasteiger partial charge on any atom is -0.379 e. The van der Waals surface area contributed by atoms with Crippen LogP contribution in [0.1, 0.15) is 15.9 Å². The SMILES string of the molecule is Cc1ccc(C(=O)N2CCN(c3ccc(S(=O)(=O)N4CCOCC4)cn3)CC2)cc1F. The number of pyridine rings is 1. The lowest BCUT2D eigenvalue weighted by Crippen LogP contribution is -2.49. The minimum atomic E-state index is -3.58. The summed E-state index contributed by atoms with van der Waals surface area (Å²) in [5, 5.41) is 0. The Morgan fingerprint density at radius 1 is 1.03 bits per heavy atom. The van der Waals surface area contributed by atoms with Crippen LogP contribution in [0.3, 0.4) is 0 Å². The van der Waals surface area contributed by atoms with Crippen molar-refractivity contribution in [1.82, 2.24) is 14.2 Å². The van der Waals surface area contributed by atoms with Crippen LogP contribution >= 0.6 is 0 Å². The van der Waals surface area contributed by atoms with Crippen LogP contribution in [-0.4, -0.2) is 81.0 Å². The van der Waals surface area contributed by atoms with E-state index in [0.29, 0.717) is 69.4 Å². The maximum Gasteiger partial charge on any atom is 0.254 e. The molecule has 1 aromatic heterocycles. The summed E-state index contributed by atoms with van der Waals surface area (Å²) in [5.74, 6) is 0.0775. The van der Waals surface area contributed by atoms with Gasteiger partial charge >= 0.3 is 0 Å². The van der Waals surface area contributed by atoms with Crippen LogP contribution < -0.4 is 4.90 Å². The van der Waals surface area contributed by atoms with Gasteiger partial charge in [-0.2, -0.15) is 4.31 Å². The summed E-state index contributed by atoms with van der Waals surface area (Å²) in [7, 11) is -3.58. The molecular weight excluding hydrogens is 423 g/mol. The number of benzene rings is 1.